The minimum Gasteiger partial charge on any atom is -0.309 e. The molecule has 2 heteroatoms. The fraction of sp³-hybridized carbons (Fsp3) is 0.519. The quantitative estimate of drug-likeness (QED) is 0.621. The van der Waals surface area contributed by atoms with E-state index in [2.05, 4.69) is 73.4 Å². The van der Waals surface area contributed by atoms with Crippen molar-refractivity contribution >= 4 is 10.8 Å². The Morgan fingerprint density at radius 1 is 1.14 bits per heavy atom. The molecule has 1 fully saturated rings. The lowest BCUT2D eigenvalue weighted by Gasteiger charge is -2.46. The van der Waals surface area contributed by atoms with Gasteiger partial charge in [-0.25, -0.2) is 0 Å². The first kappa shape index (κ1) is 19.1. The van der Waals surface area contributed by atoms with E-state index in [9.17, 15) is 0 Å². The fourth-order valence-corrected chi connectivity index (χ4v) is 6.59. The van der Waals surface area contributed by atoms with Crippen molar-refractivity contribution in [2.45, 2.75) is 44.9 Å². The Morgan fingerprint density at radius 3 is 2.90 bits per heavy atom. The van der Waals surface area contributed by atoms with Gasteiger partial charge in [0.15, 0.2) is 0 Å². The summed E-state index contributed by atoms with van der Waals surface area (Å²) in [4.78, 5) is 6.67. The topological polar surface area (TPSA) is 16.1 Å². The van der Waals surface area contributed by atoms with Crippen LogP contribution in [0, 0.1) is 23.2 Å². The molecule has 0 unspecified atom stereocenters. The van der Waals surface area contributed by atoms with Crippen LogP contribution in [0.15, 0.2) is 60.5 Å². The highest BCUT2D eigenvalue weighted by Gasteiger charge is 2.52. The second-order valence-electron chi connectivity index (χ2n) is 10.2. The molecule has 0 radical (unpaired) electrons. The van der Waals surface area contributed by atoms with E-state index in [0.29, 0.717) is 11.3 Å². The van der Waals surface area contributed by atoms with Crippen LogP contribution in [-0.2, 0) is 0 Å². The number of allylic oxidation sites excluding steroid dienone is 4. The number of rotatable bonds is 4. The Bertz CT molecular complexity index is 956. The van der Waals surface area contributed by atoms with E-state index in [-0.39, 0.29) is 0 Å². The molecule has 1 heterocycles. The number of pyridine rings is 1. The summed E-state index contributed by atoms with van der Waals surface area (Å²) >= 11 is 0. The summed E-state index contributed by atoms with van der Waals surface area (Å²) in [5, 5.41) is 2.59. The first-order valence-electron chi connectivity index (χ1n) is 11.4. The van der Waals surface area contributed by atoms with Gasteiger partial charge in [-0.2, -0.15) is 0 Å². The highest BCUT2D eigenvalue weighted by atomic mass is 15.0. The molecule has 1 aromatic carbocycles. The molecule has 1 saturated carbocycles. The molecule has 0 N–H and O–H groups in total. The van der Waals surface area contributed by atoms with Gasteiger partial charge in [-0.3, -0.25) is 4.98 Å². The first-order valence-corrected chi connectivity index (χ1v) is 11.4. The van der Waals surface area contributed by atoms with E-state index < -0.39 is 0 Å². The van der Waals surface area contributed by atoms with Crippen LogP contribution in [0.25, 0.3) is 10.8 Å². The molecule has 1 aromatic heterocycles. The highest BCUT2D eigenvalue weighted by molar-refractivity contribution is 5.82. The summed E-state index contributed by atoms with van der Waals surface area (Å²) < 4.78 is 0. The predicted molar refractivity (Wildman–Crippen MR) is 122 cm³/mol. The second kappa shape index (κ2) is 7.40. The van der Waals surface area contributed by atoms with Crippen molar-refractivity contribution in [1.82, 2.24) is 9.88 Å². The molecule has 0 aliphatic heterocycles. The standard InChI is InChI=1S/C27H34N2/c1-27-13-10-21-5-4-19(12-15-29(2)3)16-24(21)26(27)9-8-25(27)22-7-6-20-11-14-28-18-23(20)17-22/h4-7,10-11,14,17-19,24-26H,8-9,12-13,15-16H2,1-3H3/t19-,24+,25+,26-,27+/m0/s1. The fourth-order valence-electron chi connectivity index (χ4n) is 6.59. The Balaban J connectivity index is 1.41. The molecule has 5 atom stereocenters. The SMILES string of the molecule is CN(C)CC[C@@H]1C=CC2=CC[C@]3(C)[C@@H](c4ccc5ccncc5c4)CC[C@H]3[C@@H]2C1. The van der Waals surface area contributed by atoms with Crippen LogP contribution in [0.3, 0.4) is 0 Å². The third-order valence-corrected chi connectivity index (χ3v) is 8.23. The molecule has 3 aliphatic rings. The molecule has 5 rings (SSSR count). The average Bonchev–Trinajstić information content (AvgIpc) is 3.09. The van der Waals surface area contributed by atoms with Crippen LogP contribution in [0.4, 0.5) is 0 Å². The predicted octanol–water partition coefficient (Wildman–Crippen LogP) is 6.21. The molecule has 0 bridgehead atoms. The molecular formula is C27H34N2. The van der Waals surface area contributed by atoms with Crippen LogP contribution < -0.4 is 0 Å². The van der Waals surface area contributed by atoms with Crippen LogP contribution >= 0.6 is 0 Å². The van der Waals surface area contributed by atoms with E-state index >= 15 is 0 Å². The Kier molecular flexibility index (Phi) is 4.86. The summed E-state index contributed by atoms with van der Waals surface area (Å²) in [6.07, 6.45) is 18.0. The number of fused-ring (bicyclic) bond motifs is 4. The van der Waals surface area contributed by atoms with E-state index in [4.69, 9.17) is 0 Å². The van der Waals surface area contributed by atoms with Gasteiger partial charge in [0.25, 0.3) is 0 Å². The van der Waals surface area contributed by atoms with Gasteiger partial charge in [0.05, 0.1) is 0 Å². The minimum atomic E-state index is 0.390. The van der Waals surface area contributed by atoms with Gasteiger partial charge in [-0.05, 0) is 110 Å². The van der Waals surface area contributed by atoms with Crippen molar-refractivity contribution in [2.75, 3.05) is 20.6 Å². The Morgan fingerprint density at radius 2 is 2.03 bits per heavy atom. The summed E-state index contributed by atoms with van der Waals surface area (Å²) in [5.41, 5.74) is 3.56. The normalized spacial score (nSPS) is 33.6. The summed E-state index contributed by atoms with van der Waals surface area (Å²) in [6.45, 7) is 3.78. The maximum absolute atomic E-state index is 4.35. The van der Waals surface area contributed by atoms with Crippen LogP contribution in [-0.4, -0.2) is 30.5 Å². The molecule has 2 nitrogen and oxygen atoms in total. The van der Waals surface area contributed by atoms with E-state index in [1.807, 2.05) is 12.4 Å². The number of hydrogen-bond acceptors (Lipinski definition) is 2. The van der Waals surface area contributed by atoms with Crippen molar-refractivity contribution in [3.63, 3.8) is 0 Å². The number of hydrogen-bond donors (Lipinski definition) is 0. The summed E-state index contributed by atoms with van der Waals surface area (Å²) in [5.74, 6) is 3.00. The lowest BCUT2D eigenvalue weighted by Crippen LogP contribution is -2.37. The molecular weight excluding hydrogens is 352 g/mol. The third-order valence-electron chi connectivity index (χ3n) is 8.23. The van der Waals surface area contributed by atoms with E-state index in [1.54, 1.807) is 5.57 Å². The van der Waals surface area contributed by atoms with Gasteiger partial charge in [-0.1, -0.05) is 37.3 Å². The zero-order valence-corrected chi connectivity index (χ0v) is 18.1. The van der Waals surface area contributed by atoms with Gasteiger partial charge in [0.1, 0.15) is 0 Å². The maximum atomic E-state index is 4.35. The van der Waals surface area contributed by atoms with Gasteiger partial charge >= 0.3 is 0 Å². The molecule has 0 saturated heterocycles. The van der Waals surface area contributed by atoms with Crippen molar-refractivity contribution in [3.8, 4) is 0 Å². The van der Waals surface area contributed by atoms with Crippen molar-refractivity contribution < 1.29 is 0 Å². The van der Waals surface area contributed by atoms with Gasteiger partial charge in [-0.15, -0.1) is 0 Å². The lowest BCUT2D eigenvalue weighted by atomic mass is 9.58. The van der Waals surface area contributed by atoms with Crippen LogP contribution in [0.1, 0.15) is 50.5 Å². The molecule has 2 aromatic rings. The number of benzene rings is 1. The summed E-state index contributed by atoms with van der Waals surface area (Å²) in [7, 11) is 4.38. The van der Waals surface area contributed by atoms with Crippen molar-refractivity contribution in [1.29, 1.82) is 0 Å². The van der Waals surface area contributed by atoms with Crippen LogP contribution in [0.5, 0.6) is 0 Å². The molecule has 0 amide bonds. The highest BCUT2D eigenvalue weighted by Crippen LogP contribution is 2.62. The maximum Gasteiger partial charge on any atom is 0.0346 e. The largest absolute Gasteiger partial charge is 0.309 e. The Labute approximate surface area is 175 Å². The average molecular weight is 387 g/mol. The van der Waals surface area contributed by atoms with Crippen LogP contribution in [0.2, 0.25) is 0 Å². The number of nitrogens with zero attached hydrogens (tertiary/aromatic N) is 2. The zero-order chi connectivity index (χ0) is 20.0. The lowest BCUT2D eigenvalue weighted by molar-refractivity contribution is 0.128. The smallest absolute Gasteiger partial charge is 0.0346 e. The molecule has 29 heavy (non-hydrogen) atoms. The van der Waals surface area contributed by atoms with E-state index in [1.165, 1.54) is 55.0 Å². The monoisotopic (exact) mass is 386 g/mol. The number of aromatic nitrogens is 1. The van der Waals surface area contributed by atoms with Crippen molar-refractivity contribution in [2.24, 2.45) is 23.2 Å². The van der Waals surface area contributed by atoms with Gasteiger partial charge in [0.2, 0.25) is 0 Å². The van der Waals surface area contributed by atoms with E-state index in [0.717, 1.165) is 17.8 Å². The zero-order valence-electron chi connectivity index (χ0n) is 18.1. The molecule has 3 aliphatic carbocycles. The second-order valence-corrected chi connectivity index (χ2v) is 10.2. The van der Waals surface area contributed by atoms with Gasteiger partial charge in [0, 0.05) is 17.8 Å². The molecule has 152 valence electrons. The minimum absolute atomic E-state index is 0.390. The Hall–Kier alpha value is -1.93. The molecule has 0 spiro atoms. The van der Waals surface area contributed by atoms with Crippen molar-refractivity contribution in [3.05, 3.63) is 66.0 Å². The van der Waals surface area contributed by atoms with Gasteiger partial charge < -0.3 is 4.90 Å². The third kappa shape index (κ3) is 3.36. The summed E-state index contributed by atoms with van der Waals surface area (Å²) in [6, 6.07) is 9.23. The first-order chi connectivity index (χ1) is 14.0.